The molecule has 5 nitrogen and oxygen atoms in total. The van der Waals surface area contributed by atoms with Crippen molar-refractivity contribution in [2.45, 2.75) is 26.2 Å². The van der Waals surface area contributed by atoms with Gasteiger partial charge in [-0.15, -0.1) is 0 Å². The van der Waals surface area contributed by atoms with Gasteiger partial charge in [-0.05, 0) is 19.8 Å². The van der Waals surface area contributed by atoms with Crippen LogP contribution in [0, 0.1) is 0 Å². The lowest BCUT2D eigenvalue weighted by Crippen LogP contribution is -2.25. The molecule has 0 aliphatic rings. The van der Waals surface area contributed by atoms with Crippen molar-refractivity contribution in [1.82, 2.24) is 5.32 Å². The first kappa shape index (κ1) is 11.7. The maximum atomic E-state index is 10.7. The standard InChI is InChI=1S/C8H15NO4/c1-2-13-8(12)9-6-4-3-5-7(10)11/h2-6H2,1H3,(H,9,12)(H,10,11). The summed E-state index contributed by atoms with van der Waals surface area (Å²) in [4.78, 5) is 20.8. The lowest BCUT2D eigenvalue weighted by molar-refractivity contribution is -0.137. The molecule has 0 unspecified atom stereocenters. The second-order valence-corrected chi connectivity index (χ2v) is 2.50. The minimum Gasteiger partial charge on any atom is -0.481 e. The molecule has 0 aliphatic carbocycles. The molecule has 0 heterocycles. The molecule has 0 bridgehead atoms. The van der Waals surface area contributed by atoms with Gasteiger partial charge in [0.25, 0.3) is 0 Å². The minimum atomic E-state index is -0.809. The Morgan fingerprint density at radius 2 is 2.08 bits per heavy atom. The summed E-state index contributed by atoms with van der Waals surface area (Å²) in [6, 6.07) is 0. The molecule has 2 N–H and O–H groups in total. The van der Waals surface area contributed by atoms with Crippen molar-refractivity contribution in [3.8, 4) is 0 Å². The molecule has 0 saturated carbocycles. The van der Waals surface area contributed by atoms with E-state index in [4.69, 9.17) is 5.11 Å². The lowest BCUT2D eigenvalue weighted by atomic mass is 10.2. The van der Waals surface area contributed by atoms with Crippen molar-refractivity contribution in [3.05, 3.63) is 0 Å². The van der Waals surface area contributed by atoms with E-state index in [-0.39, 0.29) is 6.42 Å². The zero-order valence-corrected chi connectivity index (χ0v) is 7.71. The molecular weight excluding hydrogens is 174 g/mol. The first-order valence-corrected chi connectivity index (χ1v) is 4.29. The summed E-state index contributed by atoms with van der Waals surface area (Å²) in [6.45, 7) is 2.54. The second-order valence-electron chi connectivity index (χ2n) is 2.50. The first-order chi connectivity index (χ1) is 6.16. The fourth-order valence-electron chi connectivity index (χ4n) is 0.774. The van der Waals surface area contributed by atoms with Gasteiger partial charge in [0.2, 0.25) is 0 Å². The Hall–Kier alpha value is -1.26. The Bertz CT molecular complexity index is 170. The van der Waals surface area contributed by atoms with E-state index in [0.29, 0.717) is 26.0 Å². The molecule has 0 radical (unpaired) electrons. The number of ether oxygens (including phenoxy) is 1. The van der Waals surface area contributed by atoms with E-state index >= 15 is 0 Å². The smallest absolute Gasteiger partial charge is 0.407 e. The maximum Gasteiger partial charge on any atom is 0.407 e. The predicted molar refractivity (Wildman–Crippen MR) is 46.5 cm³/mol. The fraction of sp³-hybridized carbons (Fsp3) is 0.750. The quantitative estimate of drug-likeness (QED) is 0.611. The second kappa shape index (κ2) is 7.39. The highest BCUT2D eigenvalue weighted by atomic mass is 16.5. The Kier molecular flexibility index (Phi) is 6.68. The average molecular weight is 189 g/mol. The molecule has 76 valence electrons. The van der Waals surface area contributed by atoms with E-state index in [1.54, 1.807) is 6.92 Å². The third-order valence-corrected chi connectivity index (χ3v) is 1.36. The summed E-state index contributed by atoms with van der Waals surface area (Å²) in [5, 5.41) is 10.8. The van der Waals surface area contributed by atoms with Crippen LogP contribution in [0.5, 0.6) is 0 Å². The zero-order valence-electron chi connectivity index (χ0n) is 7.71. The third kappa shape index (κ3) is 8.65. The number of aliphatic carboxylic acids is 1. The van der Waals surface area contributed by atoms with Crippen LogP contribution in [0.1, 0.15) is 26.2 Å². The predicted octanol–water partition coefficient (Wildman–Crippen LogP) is 0.987. The molecule has 13 heavy (non-hydrogen) atoms. The maximum absolute atomic E-state index is 10.7. The number of amides is 1. The van der Waals surface area contributed by atoms with Crippen molar-refractivity contribution in [3.63, 3.8) is 0 Å². The Labute approximate surface area is 77.1 Å². The Balaban J connectivity index is 3.16. The molecule has 5 heteroatoms. The van der Waals surface area contributed by atoms with E-state index in [0.717, 1.165) is 0 Å². The van der Waals surface area contributed by atoms with Crippen LogP contribution in [0.4, 0.5) is 4.79 Å². The summed E-state index contributed by atoms with van der Waals surface area (Å²) < 4.78 is 4.60. The van der Waals surface area contributed by atoms with Crippen molar-refractivity contribution >= 4 is 12.1 Å². The average Bonchev–Trinajstić information content (AvgIpc) is 2.03. The SMILES string of the molecule is CCOC(=O)NCCCCC(=O)O. The summed E-state index contributed by atoms with van der Waals surface area (Å²) in [5.41, 5.74) is 0. The van der Waals surface area contributed by atoms with E-state index in [1.165, 1.54) is 0 Å². The van der Waals surface area contributed by atoms with Gasteiger partial charge < -0.3 is 15.2 Å². The van der Waals surface area contributed by atoms with Crippen LogP contribution < -0.4 is 5.32 Å². The molecule has 0 atom stereocenters. The molecule has 0 spiro atoms. The van der Waals surface area contributed by atoms with Gasteiger partial charge in [0, 0.05) is 13.0 Å². The van der Waals surface area contributed by atoms with Crippen LogP contribution >= 0.6 is 0 Å². The number of alkyl carbamates (subject to hydrolysis) is 1. The van der Waals surface area contributed by atoms with Gasteiger partial charge in [0.1, 0.15) is 0 Å². The molecule has 0 rings (SSSR count). The summed E-state index contributed by atoms with van der Waals surface area (Å²) in [7, 11) is 0. The van der Waals surface area contributed by atoms with E-state index < -0.39 is 12.1 Å². The largest absolute Gasteiger partial charge is 0.481 e. The first-order valence-electron chi connectivity index (χ1n) is 4.29. The highest BCUT2D eigenvalue weighted by molar-refractivity contribution is 5.67. The molecule has 0 aromatic rings. The van der Waals surface area contributed by atoms with Crippen molar-refractivity contribution in [2.75, 3.05) is 13.2 Å². The van der Waals surface area contributed by atoms with Gasteiger partial charge in [-0.2, -0.15) is 0 Å². The number of hydrogen-bond donors (Lipinski definition) is 2. The van der Waals surface area contributed by atoms with Crippen LogP contribution in [-0.4, -0.2) is 30.3 Å². The number of carboxylic acids is 1. The molecular formula is C8H15NO4. The molecule has 0 aromatic heterocycles. The van der Waals surface area contributed by atoms with Crippen LogP contribution in [0.2, 0.25) is 0 Å². The summed E-state index contributed by atoms with van der Waals surface area (Å²) >= 11 is 0. The van der Waals surface area contributed by atoms with Crippen molar-refractivity contribution in [1.29, 1.82) is 0 Å². The molecule has 0 saturated heterocycles. The number of carboxylic acid groups (broad SMARTS) is 1. The van der Waals surface area contributed by atoms with Gasteiger partial charge >= 0.3 is 12.1 Å². The van der Waals surface area contributed by atoms with Crippen LogP contribution in [0.25, 0.3) is 0 Å². The van der Waals surface area contributed by atoms with Gasteiger partial charge in [-0.3, -0.25) is 4.79 Å². The normalized spacial score (nSPS) is 9.31. The van der Waals surface area contributed by atoms with Crippen LogP contribution in [0.15, 0.2) is 0 Å². The molecule has 1 amide bonds. The molecule has 0 aliphatic heterocycles. The highest BCUT2D eigenvalue weighted by Crippen LogP contribution is 1.93. The number of carbonyl (C=O) groups is 2. The third-order valence-electron chi connectivity index (χ3n) is 1.36. The zero-order chi connectivity index (χ0) is 10.1. The Morgan fingerprint density at radius 1 is 1.38 bits per heavy atom. The topological polar surface area (TPSA) is 75.6 Å². The number of hydrogen-bond acceptors (Lipinski definition) is 3. The number of rotatable bonds is 6. The van der Waals surface area contributed by atoms with Gasteiger partial charge in [-0.1, -0.05) is 0 Å². The van der Waals surface area contributed by atoms with Gasteiger partial charge in [-0.25, -0.2) is 4.79 Å². The summed E-state index contributed by atoms with van der Waals surface area (Å²) in [5.74, 6) is -0.809. The van der Waals surface area contributed by atoms with Gasteiger partial charge in [0.15, 0.2) is 0 Å². The summed E-state index contributed by atoms with van der Waals surface area (Å²) in [6.07, 6.45) is 0.926. The van der Waals surface area contributed by atoms with Crippen molar-refractivity contribution in [2.24, 2.45) is 0 Å². The van der Waals surface area contributed by atoms with E-state index in [2.05, 4.69) is 10.1 Å². The molecule has 0 aromatic carbocycles. The highest BCUT2D eigenvalue weighted by Gasteiger charge is 1.99. The van der Waals surface area contributed by atoms with Crippen LogP contribution in [-0.2, 0) is 9.53 Å². The van der Waals surface area contributed by atoms with E-state index in [9.17, 15) is 9.59 Å². The van der Waals surface area contributed by atoms with E-state index in [1.807, 2.05) is 0 Å². The number of nitrogens with one attached hydrogen (secondary N) is 1. The monoisotopic (exact) mass is 189 g/mol. The Morgan fingerprint density at radius 3 is 2.62 bits per heavy atom. The minimum absolute atomic E-state index is 0.143. The van der Waals surface area contributed by atoms with Crippen molar-refractivity contribution < 1.29 is 19.4 Å². The van der Waals surface area contributed by atoms with Crippen LogP contribution in [0.3, 0.4) is 0 Å². The lowest BCUT2D eigenvalue weighted by Gasteiger charge is -2.03. The number of unbranched alkanes of at least 4 members (excludes halogenated alkanes) is 1. The fourth-order valence-corrected chi connectivity index (χ4v) is 0.774. The number of carbonyl (C=O) groups excluding carboxylic acids is 1. The van der Waals surface area contributed by atoms with Gasteiger partial charge in [0.05, 0.1) is 6.61 Å². The molecule has 0 fully saturated rings.